The van der Waals surface area contributed by atoms with Crippen molar-refractivity contribution in [2.75, 3.05) is 5.32 Å². The van der Waals surface area contributed by atoms with Crippen molar-refractivity contribution in [2.24, 2.45) is 0 Å². The van der Waals surface area contributed by atoms with Gasteiger partial charge in [-0.2, -0.15) is 0 Å². The standard InChI is InChI=1S/C18H8BrF4N3O3.C2H6/c19-9-5-14-13(28-18(22,23)29-14)4-8(9)12-6-25-15(7-24-12)26-17(27)16-10(20)2-1-3-11(16)21;1-2/h1-7H,(H,25,26,27);1-2H3. The summed E-state index contributed by atoms with van der Waals surface area (Å²) in [4.78, 5) is 20.1. The zero-order valence-electron chi connectivity index (χ0n) is 16.1. The fourth-order valence-corrected chi connectivity index (χ4v) is 3.12. The molecule has 4 rings (SSSR count). The van der Waals surface area contributed by atoms with E-state index in [1.54, 1.807) is 0 Å². The van der Waals surface area contributed by atoms with Crippen molar-refractivity contribution in [3.8, 4) is 22.8 Å². The first-order chi connectivity index (χ1) is 14.7. The minimum absolute atomic E-state index is 0.0650. The molecule has 1 aromatic heterocycles. The normalized spacial score (nSPS) is 13.3. The molecule has 0 radical (unpaired) electrons. The third kappa shape index (κ3) is 4.76. The predicted molar refractivity (Wildman–Crippen MR) is 107 cm³/mol. The molecule has 0 unspecified atom stereocenters. The Morgan fingerprint density at radius 3 is 2.23 bits per heavy atom. The summed E-state index contributed by atoms with van der Waals surface area (Å²) in [7, 11) is 0. The maximum absolute atomic E-state index is 13.7. The van der Waals surface area contributed by atoms with Gasteiger partial charge in [-0.1, -0.05) is 19.9 Å². The zero-order chi connectivity index (χ0) is 22.8. The van der Waals surface area contributed by atoms with Crippen molar-refractivity contribution < 1.29 is 31.8 Å². The quantitative estimate of drug-likeness (QED) is 0.462. The number of aromatic nitrogens is 2. The third-order valence-corrected chi connectivity index (χ3v) is 4.51. The molecule has 2 aromatic carbocycles. The van der Waals surface area contributed by atoms with Gasteiger partial charge in [0.2, 0.25) is 0 Å². The molecule has 0 saturated heterocycles. The van der Waals surface area contributed by atoms with Crippen molar-refractivity contribution in [1.29, 1.82) is 0 Å². The van der Waals surface area contributed by atoms with Crippen LogP contribution < -0.4 is 14.8 Å². The van der Waals surface area contributed by atoms with Crippen molar-refractivity contribution in [1.82, 2.24) is 9.97 Å². The maximum Gasteiger partial charge on any atom is 0.586 e. The number of amides is 1. The van der Waals surface area contributed by atoms with E-state index in [2.05, 4.69) is 40.7 Å². The van der Waals surface area contributed by atoms with E-state index in [0.29, 0.717) is 10.0 Å². The highest BCUT2D eigenvalue weighted by Gasteiger charge is 2.43. The van der Waals surface area contributed by atoms with E-state index in [-0.39, 0.29) is 23.0 Å². The summed E-state index contributed by atoms with van der Waals surface area (Å²) in [5.41, 5.74) is -0.123. The lowest BCUT2D eigenvalue weighted by Crippen LogP contribution is -2.25. The molecule has 31 heavy (non-hydrogen) atoms. The highest BCUT2D eigenvalue weighted by molar-refractivity contribution is 9.10. The van der Waals surface area contributed by atoms with E-state index in [1.807, 2.05) is 13.8 Å². The Morgan fingerprint density at radius 1 is 1.03 bits per heavy atom. The lowest BCUT2D eigenvalue weighted by Gasteiger charge is -2.08. The number of fused-ring (bicyclic) bond motifs is 1. The van der Waals surface area contributed by atoms with E-state index in [4.69, 9.17) is 0 Å². The summed E-state index contributed by atoms with van der Waals surface area (Å²) in [6.07, 6.45) is -1.37. The molecule has 0 bridgehead atoms. The second-order valence-electron chi connectivity index (χ2n) is 5.78. The van der Waals surface area contributed by atoms with Crippen LogP contribution >= 0.6 is 15.9 Å². The molecule has 1 amide bonds. The minimum atomic E-state index is -3.76. The smallest absolute Gasteiger partial charge is 0.395 e. The molecule has 0 atom stereocenters. The van der Waals surface area contributed by atoms with Gasteiger partial charge in [-0.15, -0.1) is 8.78 Å². The van der Waals surface area contributed by atoms with E-state index in [0.717, 1.165) is 24.4 Å². The number of ether oxygens (including phenoxy) is 2. The first kappa shape index (κ1) is 22.5. The number of carbonyl (C=O) groups excluding carboxylic acids is 1. The van der Waals surface area contributed by atoms with Gasteiger partial charge in [-0.3, -0.25) is 9.78 Å². The van der Waals surface area contributed by atoms with Gasteiger partial charge in [0.15, 0.2) is 17.3 Å². The van der Waals surface area contributed by atoms with Crippen molar-refractivity contribution in [3.63, 3.8) is 0 Å². The first-order valence-corrected chi connectivity index (χ1v) is 9.70. The number of benzene rings is 2. The van der Waals surface area contributed by atoms with Crippen LogP contribution in [0.3, 0.4) is 0 Å². The van der Waals surface area contributed by atoms with E-state index in [9.17, 15) is 22.4 Å². The second-order valence-corrected chi connectivity index (χ2v) is 6.64. The largest absolute Gasteiger partial charge is 0.586 e. The number of rotatable bonds is 3. The van der Waals surface area contributed by atoms with Gasteiger partial charge < -0.3 is 14.8 Å². The predicted octanol–water partition coefficient (Wildman–Crippen LogP) is 5.78. The maximum atomic E-state index is 13.7. The van der Waals surface area contributed by atoms with Gasteiger partial charge in [0, 0.05) is 10.0 Å². The topological polar surface area (TPSA) is 73.3 Å². The molecule has 0 fully saturated rings. The van der Waals surface area contributed by atoms with Gasteiger partial charge >= 0.3 is 6.29 Å². The number of nitrogens with zero attached hydrogens (tertiary/aromatic N) is 2. The van der Waals surface area contributed by atoms with Gasteiger partial charge in [0.05, 0.1) is 18.1 Å². The Balaban J connectivity index is 0.00000132. The Bertz CT molecular complexity index is 1110. The number of halogens is 5. The molecule has 162 valence electrons. The van der Waals surface area contributed by atoms with Crippen molar-refractivity contribution in [3.05, 3.63) is 64.4 Å². The lowest BCUT2D eigenvalue weighted by atomic mass is 10.1. The minimum Gasteiger partial charge on any atom is -0.395 e. The molecule has 0 aliphatic carbocycles. The Hall–Kier alpha value is -3.21. The molecule has 3 aromatic rings. The monoisotopic (exact) mass is 499 g/mol. The first-order valence-electron chi connectivity index (χ1n) is 8.91. The summed E-state index contributed by atoms with van der Waals surface area (Å²) in [6, 6.07) is 5.62. The molecular weight excluding hydrogens is 486 g/mol. The average Bonchev–Trinajstić information content (AvgIpc) is 3.02. The van der Waals surface area contributed by atoms with Crippen LogP contribution in [0.4, 0.5) is 23.4 Å². The number of hydrogen-bond acceptors (Lipinski definition) is 5. The molecule has 11 heteroatoms. The molecule has 0 saturated carbocycles. The molecule has 1 N–H and O–H groups in total. The summed E-state index contributed by atoms with van der Waals surface area (Å²) in [5, 5.41) is 2.24. The molecule has 2 heterocycles. The van der Waals surface area contributed by atoms with Crippen LogP contribution in [-0.2, 0) is 0 Å². The van der Waals surface area contributed by atoms with Gasteiger partial charge in [0.25, 0.3) is 5.91 Å². The highest BCUT2D eigenvalue weighted by Crippen LogP contribution is 2.45. The molecule has 1 aliphatic heterocycles. The second kappa shape index (κ2) is 8.88. The Kier molecular flexibility index (Phi) is 6.44. The third-order valence-electron chi connectivity index (χ3n) is 3.85. The molecule has 6 nitrogen and oxygen atoms in total. The Morgan fingerprint density at radius 2 is 1.65 bits per heavy atom. The summed E-state index contributed by atoms with van der Waals surface area (Å²) in [5.74, 6) is -3.46. The summed E-state index contributed by atoms with van der Waals surface area (Å²) < 4.78 is 62.9. The number of alkyl halides is 2. The number of nitrogens with one attached hydrogen (secondary N) is 1. The van der Waals surface area contributed by atoms with E-state index in [1.165, 1.54) is 18.3 Å². The SMILES string of the molecule is CC.O=C(Nc1cnc(-c2cc3c(cc2Br)OC(F)(F)O3)cn1)c1c(F)cccc1F. The van der Waals surface area contributed by atoms with Crippen LogP contribution in [0.15, 0.2) is 47.2 Å². The van der Waals surface area contributed by atoms with Gasteiger partial charge in [-0.25, -0.2) is 13.8 Å². The van der Waals surface area contributed by atoms with E-state index >= 15 is 0 Å². The number of carbonyl (C=O) groups is 1. The van der Waals surface area contributed by atoms with Gasteiger partial charge in [-0.05, 0) is 40.2 Å². The molecular formula is C20H14BrF4N3O3. The molecule has 0 spiro atoms. The van der Waals surface area contributed by atoms with Crippen LogP contribution in [0, 0.1) is 11.6 Å². The number of anilines is 1. The fourth-order valence-electron chi connectivity index (χ4n) is 2.59. The zero-order valence-corrected chi connectivity index (χ0v) is 17.6. The van der Waals surface area contributed by atoms with Crippen LogP contribution in [0.25, 0.3) is 11.3 Å². The van der Waals surface area contributed by atoms with Gasteiger partial charge in [0.1, 0.15) is 17.2 Å². The van der Waals surface area contributed by atoms with E-state index < -0.39 is 29.4 Å². The van der Waals surface area contributed by atoms with Crippen LogP contribution in [0.1, 0.15) is 24.2 Å². The average molecular weight is 500 g/mol. The van der Waals surface area contributed by atoms with Crippen LogP contribution in [0.5, 0.6) is 11.5 Å². The summed E-state index contributed by atoms with van der Waals surface area (Å²) >= 11 is 3.23. The summed E-state index contributed by atoms with van der Waals surface area (Å²) in [6.45, 7) is 4.00. The van der Waals surface area contributed by atoms with Crippen LogP contribution in [-0.4, -0.2) is 22.2 Å². The Labute approximate surface area is 182 Å². The fraction of sp³-hybridized carbons (Fsp3) is 0.150. The lowest BCUT2D eigenvalue weighted by molar-refractivity contribution is -0.286. The van der Waals surface area contributed by atoms with Crippen LogP contribution in [0.2, 0.25) is 0 Å². The van der Waals surface area contributed by atoms with Crippen molar-refractivity contribution in [2.45, 2.75) is 20.1 Å². The number of hydrogen-bond donors (Lipinski definition) is 1. The highest BCUT2D eigenvalue weighted by atomic mass is 79.9. The molecule has 1 aliphatic rings. The van der Waals surface area contributed by atoms with Crippen molar-refractivity contribution >= 4 is 27.7 Å².